The van der Waals surface area contributed by atoms with Gasteiger partial charge in [-0.3, -0.25) is 4.79 Å². The number of nitrogens with zero attached hydrogens (tertiary/aromatic N) is 1. The normalized spacial score (nSPS) is 10.2. The fourth-order valence-corrected chi connectivity index (χ4v) is 1.63. The predicted octanol–water partition coefficient (Wildman–Crippen LogP) is 2.69. The lowest BCUT2D eigenvalue weighted by molar-refractivity contribution is 0.111. The third-order valence-electron chi connectivity index (χ3n) is 2.61. The van der Waals surface area contributed by atoms with Crippen molar-refractivity contribution < 1.29 is 9.53 Å². The average Bonchev–Trinajstić information content (AvgIpc) is 2.79. The zero-order chi connectivity index (χ0) is 12.1. The van der Waals surface area contributed by atoms with E-state index in [2.05, 4.69) is 0 Å². The number of aryl methyl sites for hydroxylation is 1. The first-order valence-electron chi connectivity index (χ1n) is 5.59. The fourth-order valence-electron chi connectivity index (χ4n) is 1.63. The van der Waals surface area contributed by atoms with Gasteiger partial charge < -0.3 is 9.30 Å². The summed E-state index contributed by atoms with van der Waals surface area (Å²) in [6.45, 7) is 3.27. The molecule has 88 valence electrons. The van der Waals surface area contributed by atoms with E-state index in [0.29, 0.717) is 18.8 Å². The summed E-state index contributed by atoms with van der Waals surface area (Å²) in [7, 11) is 0. The number of carbonyl (C=O) groups excluding carboxylic acids is 1. The van der Waals surface area contributed by atoms with Gasteiger partial charge in [0.2, 0.25) is 0 Å². The van der Waals surface area contributed by atoms with Crippen molar-refractivity contribution in [1.82, 2.24) is 4.57 Å². The van der Waals surface area contributed by atoms with Gasteiger partial charge in [-0.15, -0.1) is 0 Å². The molecule has 0 spiro atoms. The smallest absolute Gasteiger partial charge is 0.166 e. The number of rotatable bonds is 5. The Morgan fingerprint density at radius 3 is 2.71 bits per heavy atom. The maximum Gasteiger partial charge on any atom is 0.166 e. The monoisotopic (exact) mass is 229 g/mol. The molecule has 3 heteroatoms. The molecular formula is C14H15NO2. The lowest BCUT2D eigenvalue weighted by atomic mass is 10.2. The summed E-state index contributed by atoms with van der Waals surface area (Å²) in [5, 5.41) is 0. The van der Waals surface area contributed by atoms with Crippen molar-refractivity contribution in [2.45, 2.75) is 13.5 Å². The second-order valence-corrected chi connectivity index (χ2v) is 3.91. The van der Waals surface area contributed by atoms with Crippen LogP contribution in [0, 0.1) is 6.92 Å². The summed E-state index contributed by atoms with van der Waals surface area (Å²) in [6, 6.07) is 11.6. The van der Waals surface area contributed by atoms with Crippen molar-refractivity contribution in [1.29, 1.82) is 0 Å². The Morgan fingerprint density at radius 1 is 1.24 bits per heavy atom. The second-order valence-electron chi connectivity index (χ2n) is 3.91. The Kier molecular flexibility index (Phi) is 3.60. The van der Waals surface area contributed by atoms with Gasteiger partial charge in [-0.1, -0.05) is 17.7 Å². The van der Waals surface area contributed by atoms with Gasteiger partial charge in [0, 0.05) is 6.20 Å². The average molecular weight is 229 g/mol. The molecular weight excluding hydrogens is 214 g/mol. The van der Waals surface area contributed by atoms with Gasteiger partial charge in [-0.25, -0.2) is 0 Å². The maximum absolute atomic E-state index is 10.7. The molecule has 17 heavy (non-hydrogen) atoms. The molecule has 0 bridgehead atoms. The van der Waals surface area contributed by atoms with E-state index in [0.717, 1.165) is 12.0 Å². The Bertz CT molecular complexity index is 485. The van der Waals surface area contributed by atoms with E-state index in [1.165, 1.54) is 5.56 Å². The number of aldehydes is 1. The molecule has 0 radical (unpaired) electrons. The van der Waals surface area contributed by atoms with Crippen LogP contribution in [-0.2, 0) is 6.54 Å². The molecule has 2 aromatic rings. The molecule has 0 unspecified atom stereocenters. The van der Waals surface area contributed by atoms with E-state index >= 15 is 0 Å². The van der Waals surface area contributed by atoms with Crippen LogP contribution in [0.1, 0.15) is 16.1 Å². The third-order valence-corrected chi connectivity index (χ3v) is 2.61. The molecule has 0 N–H and O–H groups in total. The van der Waals surface area contributed by atoms with E-state index in [-0.39, 0.29) is 0 Å². The Balaban J connectivity index is 1.87. The van der Waals surface area contributed by atoms with E-state index in [1.54, 1.807) is 6.07 Å². The van der Waals surface area contributed by atoms with Gasteiger partial charge >= 0.3 is 0 Å². The number of benzene rings is 1. The molecule has 1 heterocycles. The minimum Gasteiger partial charge on any atom is -0.492 e. The highest BCUT2D eigenvalue weighted by Crippen LogP contribution is 2.11. The van der Waals surface area contributed by atoms with Crippen molar-refractivity contribution in [3.8, 4) is 5.75 Å². The summed E-state index contributed by atoms with van der Waals surface area (Å²) in [4.78, 5) is 10.7. The summed E-state index contributed by atoms with van der Waals surface area (Å²) >= 11 is 0. The first-order valence-corrected chi connectivity index (χ1v) is 5.59. The van der Waals surface area contributed by atoms with Crippen LogP contribution in [0.5, 0.6) is 5.75 Å². The van der Waals surface area contributed by atoms with E-state index in [4.69, 9.17) is 4.74 Å². The van der Waals surface area contributed by atoms with Crippen LogP contribution in [0.3, 0.4) is 0 Å². The molecule has 0 aliphatic carbocycles. The van der Waals surface area contributed by atoms with E-state index < -0.39 is 0 Å². The van der Waals surface area contributed by atoms with Crippen LogP contribution in [0.4, 0.5) is 0 Å². The van der Waals surface area contributed by atoms with Crippen molar-refractivity contribution in [3.63, 3.8) is 0 Å². The Hall–Kier alpha value is -2.03. The number of hydrogen-bond acceptors (Lipinski definition) is 2. The van der Waals surface area contributed by atoms with E-state index in [9.17, 15) is 4.79 Å². The molecule has 3 nitrogen and oxygen atoms in total. The first kappa shape index (κ1) is 11.5. The summed E-state index contributed by atoms with van der Waals surface area (Å²) in [5.74, 6) is 0.857. The minimum atomic E-state index is 0.554. The molecule has 0 aliphatic rings. The minimum absolute atomic E-state index is 0.554. The molecule has 0 saturated heterocycles. The SMILES string of the molecule is Cc1ccc(OCCn2cccc2C=O)cc1. The van der Waals surface area contributed by atoms with Crippen LogP contribution in [0.15, 0.2) is 42.6 Å². The number of carbonyl (C=O) groups is 1. The highest BCUT2D eigenvalue weighted by atomic mass is 16.5. The molecule has 0 fully saturated rings. The molecule has 2 rings (SSSR count). The number of aromatic nitrogens is 1. The van der Waals surface area contributed by atoms with Crippen LogP contribution in [0.25, 0.3) is 0 Å². The zero-order valence-corrected chi connectivity index (χ0v) is 9.80. The maximum atomic E-state index is 10.7. The van der Waals surface area contributed by atoms with Gasteiger partial charge in [-0.2, -0.15) is 0 Å². The van der Waals surface area contributed by atoms with E-state index in [1.807, 2.05) is 48.0 Å². The van der Waals surface area contributed by atoms with Gasteiger partial charge in [0.15, 0.2) is 6.29 Å². The second kappa shape index (κ2) is 5.34. The van der Waals surface area contributed by atoms with Crippen LogP contribution >= 0.6 is 0 Å². The van der Waals surface area contributed by atoms with Crippen molar-refractivity contribution in [2.24, 2.45) is 0 Å². The van der Waals surface area contributed by atoms with Gasteiger partial charge in [0.05, 0.1) is 12.2 Å². The first-order chi connectivity index (χ1) is 8.29. The summed E-state index contributed by atoms with van der Waals surface area (Å²) < 4.78 is 7.47. The predicted molar refractivity (Wildman–Crippen MR) is 66.5 cm³/mol. The van der Waals surface area contributed by atoms with Crippen molar-refractivity contribution in [2.75, 3.05) is 6.61 Å². The Labute approximate surface area is 101 Å². The molecule has 1 aromatic heterocycles. The number of hydrogen-bond donors (Lipinski definition) is 0. The summed E-state index contributed by atoms with van der Waals surface area (Å²) in [5.41, 5.74) is 1.89. The highest BCUT2D eigenvalue weighted by Gasteiger charge is 1.99. The van der Waals surface area contributed by atoms with Crippen molar-refractivity contribution >= 4 is 6.29 Å². The lowest BCUT2D eigenvalue weighted by Gasteiger charge is -2.08. The van der Waals surface area contributed by atoms with Crippen LogP contribution < -0.4 is 4.74 Å². The quantitative estimate of drug-likeness (QED) is 0.738. The standard InChI is InChI=1S/C14H15NO2/c1-12-4-6-14(7-5-12)17-10-9-15-8-2-3-13(15)11-16/h2-8,11H,9-10H2,1H3. The van der Waals surface area contributed by atoms with Gasteiger partial charge in [-0.05, 0) is 31.2 Å². The molecule has 0 atom stereocenters. The third kappa shape index (κ3) is 2.97. The Morgan fingerprint density at radius 2 is 2.00 bits per heavy atom. The molecule has 0 aliphatic heterocycles. The molecule has 0 amide bonds. The fraction of sp³-hybridized carbons (Fsp3) is 0.214. The van der Waals surface area contributed by atoms with Gasteiger partial charge in [0.1, 0.15) is 12.4 Å². The summed E-state index contributed by atoms with van der Waals surface area (Å²) in [6.07, 6.45) is 2.73. The zero-order valence-electron chi connectivity index (χ0n) is 9.80. The molecule has 0 saturated carbocycles. The van der Waals surface area contributed by atoms with Crippen molar-refractivity contribution in [3.05, 3.63) is 53.9 Å². The molecule has 1 aromatic carbocycles. The van der Waals surface area contributed by atoms with Crippen LogP contribution in [-0.4, -0.2) is 17.5 Å². The van der Waals surface area contributed by atoms with Gasteiger partial charge in [0.25, 0.3) is 0 Å². The topological polar surface area (TPSA) is 31.2 Å². The highest BCUT2D eigenvalue weighted by molar-refractivity contribution is 5.72. The lowest BCUT2D eigenvalue weighted by Crippen LogP contribution is -2.09. The van der Waals surface area contributed by atoms with Crippen LogP contribution in [0.2, 0.25) is 0 Å². The number of ether oxygens (including phenoxy) is 1. The largest absolute Gasteiger partial charge is 0.492 e.